The predicted octanol–water partition coefficient (Wildman–Crippen LogP) is 3.44. The molecule has 1 aromatic rings. The lowest BCUT2D eigenvalue weighted by atomic mass is 10.2. The first-order valence-electron chi connectivity index (χ1n) is 8.10. The van der Waals surface area contributed by atoms with E-state index in [2.05, 4.69) is 20.8 Å². The minimum absolute atomic E-state index is 0.238. The number of ether oxygens (including phenoxy) is 3. The Morgan fingerprint density at radius 1 is 0.971 bits per heavy atom. The summed E-state index contributed by atoms with van der Waals surface area (Å²) in [6, 6.07) is 1.11. The molecule has 0 saturated carbocycles. The predicted molar refractivity (Wildman–Crippen MR) is 89.5 cm³/mol. The van der Waals surface area contributed by atoms with Crippen LogP contribution in [0.2, 0.25) is 0 Å². The van der Waals surface area contributed by atoms with Crippen LogP contribution in [0.5, 0.6) is 5.75 Å². The number of carbonyl (C=O) groups excluding carboxylic acids is 2. The molecule has 18 heteroatoms. The van der Waals surface area contributed by atoms with E-state index in [0.717, 1.165) is 0 Å². The van der Waals surface area contributed by atoms with Crippen LogP contribution in [-0.2, 0) is 35.4 Å². The number of alkyl halides is 9. The Balaban J connectivity index is 3.49. The molecule has 0 aliphatic heterocycles. The van der Waals surface area contributed by atoms with Crippen LogP contribution in [0.15, 0.2) is 36.4 Å². The number of benzene rings is 1. The molecular weight excluding hydrogens is 523 g/mol. The molecule has 0 heterocycles. The quantitative estimate of drug-likeness (QED) is 0.128. The minimum atomic E-state index is -6.43. The first-order chi connectivity index (χ1) is 15.2. The van der Waals surface area contributed by atoms with Gasteiger partial charge < -0.3 is 14.2 Å². The van der Waals surface area contributed by atoms with Gasteiger partial charge in [0.2, 0.25) is 0 Å². The van der Waals surface area contributed by atoms with Crippen LogP contribution >= 0.6 is 0 Å². The molecule has 0 aromatic heterocycles. The summed E-state index contributed by atoms with van der Waals surface area (Å²) >= 11 is 0. The third kappa shape index (κ3) is 6.60. The lowest BCUT2D eigenvalue weighted by molar-refractivity contribution is -0.357. The molecule has 0 saturated heterocycles. The number of rotatable bonds is 9. The summed E-state index contributed by atoms with van der Waals surface area (Å²) < 4.78 is 159. The maximum atomic E-state index is 13.7. The fourth-order valence-electron chi connectivity index (χ4n) is 1.79. The summed E-state index contributed by atoms with van der Waals surface area (Å²) in [7, 11) is -6.43. The summed E-state index contributed by atoms with van der Waals surface area (Å²) in [5.41, 5.74) is -2.73. The molecule has 1 aromatic carbocycles. The van der Waals surface area contributed by atoms with Gasteiger partial charge >= 0.3 is 45.5 Å². The number of hydrogen-bond donors (Lipinski definition) is 1. The fourth-order valence-corrected chi connectivity index (χ4v) is 2.00. The summed E-state index contributed by atoms with van der Waals surface area (Å²) in [5, 5.41) is -5.50. The van der Waals surface area contributed by atoms with E-state index in [1.807, 2.05) is 0 Å². The van der Waals surface area contributed by atoms with Gasteiger partial charge in [-0.2, -0.15) is 43.5 Å². The normalized spacial score (nSPS) is 14.8. The molecule has 0 radical (unpaired) electrons. The second-order valence-electron chi connectivity index (χ2n) is 6.05. The lowest BCUT2D eigenvalue weighted by Gasteiger charge is -2.32. The van der Waals surface area contributed by atoms with Crippen LogP contribution < -0.4 is 4.74 Å². The Morgan fingerprint density at radius 3 is 1.85 bits per heavy atom. The van der Waals surface area contributed by atoms with E-state index in [1.54, 1.807) is 0 Å². The summed E-state index contributed by atoms with van der Waals surface area (Å²) in [5.74, 6) is -11.6. The summed E-state index contributed by atoms with van der Waals surface area (Å²) in [6.45, 7) is -2.17. The summed E-state index contributed by atoms with van der Waals surface area (Å²) in [4.78, 5) is 23.9. The molecule has 34 heavy (non-hydrogen) atoms. The number of halogens is 9. The van der Waals surface area contributed by atoms with Gasteiger partial charge in [-0.15, -0.1) is 0 Å². The van der Waals surface area contributed by atoms with E-state index in [4.69, 9.17) is 4.55 Å². The van der Waals surface area contributed by atoms with Gasteiger partial charge in [-0.05, 0) is 24.3 Å². The highest BCUT2D eigenvalue weighted by molar-refractivity contribution is 7.86. The van der Waals surface area contributed by atoms with Crippen molar-refractivity contribution in [2.45, 2.75) is 23.4 Å². The largest absolute Gasteiger partial charge is 0.468 e. The Hall–Kier alpha value is -2.86. The van der Waals surface area contributed by atoms with E-state index < -0.39 is 75.6 Å². The van der Waals surface area contributed by atoms with Crippen LogP contribution in [0.3, 0.4) is 0 Å². The minimum Gasteiger partial charge on any atom is -0.421 e. The molecule has 0 aliphatic rings. The van der Waals surface area contributed by atoms with Crippen molar-refractivity contribution >= 4 is 22.1 Å². The molecule has 1 rings (SSSR count). The van der Waals surface area contributed by atoms with Crippen molar-refractivity contribution in [3.63, 3.8) is 0 Å². The highest BCUT2D eigenvalue weighted by Gasteiger charge is 2.69. The molecule has 1 N–H and O–H groups in total. The SMILES string of the molecule is C=C(CF)C(=O)OC(OCC(F)(F)S(=O)(=O)O)(C(=O)Oc1ccc(C(F)(F)F)cc1)C(F)(F)F. The van der Waals surface area contributed by atoms with E-state index in [9.17, 15) is 57.5 Å². The molecule has 0 spiro atoms. The van der Waals surface area contributed by atoms with Gasteiger partial charge in [0.25, 0.3) is 0 Å². The zero-order valence-electron chi connectivity index (χ0n) is 16.0. The van der Waals surface area contributed by atoms with Crippen molar-refractivity contribution in [3.05, 3.63) is 42.0 Å². The van der Waals surface area contributed by atoms with Gasteiger partial charge in [0.05, 0.1) is 11.1 Å². The van der Waals surface area contributed by atoms with Crippen molar-refractivity contribution in [1.82, 2.24) is 0 Å². The topological polar surface area (TPSA) is 116 Å². The van der Waals surface area contributed by atoms with Gasteiger partial charge in [-0.3, -0.25) is 4.55 Å². The van der Waals surface area contributed by atoms with Crippen molar-refractivity contribution < 1.29 is 76.3 Å². The Bertz CT molecular complexity index is 1030. The fraction of sp³-hybridized carbons (Fsp3) is 0.375. The van der Waals surface area contributed by atoms with E-state index >= 15 is 0 Å². The molecule has 0 fully saturated rings. The van der Waals surface area contributed by atoms with Crippen molar-refractivity contribution in [1.29, 1.82) is 0 Å². The third-order valence-electron chi connectivity index (χ3n) is 3.54. The average molecular weight is 534 g/mol. The van der Waals surface area contributed by atoms with Crippen molar-refractivity contribution in [2.75, 3.05) is 13.3 Å². The Morgan fingerprint density at radius 2 is 1.47 bits per heavy atom. The maximum absolute atomic E-state index is 13.7. The van der Waals surface area contributed by atoms with Gasteiger partial charge in [0.1, 0.15) is 19.0 Å². The van der Waals surface area contributed by atoms with E-state index in [1.165, 1.54) is 0 Å². The zero-order chi connectivity index (χ0) is 26.8. The first kappa shape index (κ1) is 29.2. The van der Waals surface area contributed by atoms with Gasteiger partial charge in [0.15, 0.2) is 0 Å². The Labute approximate surface area is 183 Å². The third-order valence-corrected chi connectivity index (χ3v) is 4.41. The zero-order valence-corrected chi connectivity index (χ0v) is 16.9. The van der Waals surface area contributed by atoms with E-state index in [0.29, 0.717) is 12.1 Å². The summed E-state index contributed by atoms with van der Waals surface area (Å²) in [6.07, 6.45) is -11.2. The Kier molecular flexibility index (Phi) is 8.40. The molecule has 0 amide bonds. The average Bonchev–Trinajstić information content (AvgIpc) is 2.68. The molecule has 192 valence electrons. The van der Waals surface area contributed by atoms with Gasteiger partial charge in [0, 0.05) is 0 Å². The molecule has 1 atom stereocenters. The molecule has 8 nitrogen and oxygen atoms in total. The van der Waals surface area contributed by atoms with Gasteiger partial charge in [-0.25, -0.2) is 14.0 Å². The maximum Gasteiger partial charge on any atom is 0.468 e. The highest BCUT2D eigenvalue weighted by atomic mass is 32.2. The van der Waals surface area contributed by atoms with Crippen LogP contribution in [0.25, 0.3) is 0 Å². The number of carbonyl (C=O) groups is 2. The monoisotopic (exact) mass is 534 g/mol. The van der Waals surface area contributed by atoms with Crippen molar-refractivity contribution in [3.8, 4) is 5.75 Å². The van der Waals surface area contributed by atoms with Crippen LogP contribution in [0, 0.1) is 0 Å². The van der Waals surface area contributed by atoms with Crippen molar-refractivity contribution in [2.24, 2.45) is 0 Å². The molecular formula is C16H11F9O8S. The second kappa shape index (κ2) is 9.79. The van der Waals surface area contributed by atoms with Crippen LogP contribution in [0.1, 0.15) is 5.56 Å². The number of esters is 2. The molecule has 0 bridgehead atoms. The highest BCUT2D eigenvalue weighted by Crippen LogP contribution is 2.39. The molecule has 1 unspecified atom stereocenters. The number of hydrogen-bond acceptors (Lipinski definition) is 7. The lowest BCUT2D eigenvalue weighted by Crippen LogP contribution is -2.60. The van der Waals surface area contributed by atoms with Crippen LogP contribution in [0.4, 0.5) is 39.5 Å². The second-order valence-corrected chi connectivity index (χ2v) is 7.60. The molecule has 0 aliphatic carbocycles. The smallest absolute Gasteiger partial charge is 0.421 e. The van der Waals surface area contributed by atoms with Crippen LogP contribution in [-0.4, -0.2) is 55.4 Å². The standard InChI is InChI=1S/C16H11F9O8S/c1-8(6-17)11(26)33-14(16(23,24)25,31-7-13(18,19)34(28,29)30)12(27)32-10-4-2-9(3-5-10)15(20,21)22/h2-5H,1,6-7H2,(H,28,29,30). The first-order valence-corrected chi connectivity index (χ1v) is 9.54. The van der Waals surface area contributed by atoms with E-state index in [-0.39, 0.29) is 12.1 Å². The van der Waals surface area contributed by atoms with Gasteiger partial charge in [-0.1, -0.05) is 6.58 Å².